The number of piperazine rings is 1. The summed E-state index contributed by atoms with van der Waals surface area (Å²) in [6.45, 7) is 12.5. The van der Waals surface area contributed by atoms with E-state index in [1.54, 1.807) is 36.5 Å². The Balaban J connectivity index is 0.841. The third-order valence-electron chi connectivity index (χ3n) is 11.8. The van der Waals surface area contributed by atoms with E-state index in [1.807, 2.05) is 18.2 Å². The minimum Gasteiger partial charge on any atom is -0.489 e. The molecule has 1 saturated carbocycles. The van der Waals surface area contributed by atoms with Gasteiger partial charge in [0.05, 0.1) is 27.3 Å². The van der Waals surface area contributed by atoms with Crippen molar-refractivity contribution in [1.82, 2.24) is 25.4 Å². The Hall–Kier alpha value is -5.32. The number of nitrogens with one attached hydrogen (secondary N) is 2. The Bertz CT molecular complexity index is 2110. The van der Waals surface area contributed by atoms with E-state index in [-0.39, 0.29) is 47.3 Å². The first-order valence-corrected chi connectivity index (χ1v) is 19.5. The SMILES string of the molecule is CC1(C)[C@H](NC(=O)c2ccc(CCCCN3CCN(c4ccc5c(c4)C(=O)N(C4CCC(=O)NC4=O)C5=O)CC3)nc2)C(C)(C)[C@H]1Oc1ccc(C#N)c(Cl)c1. The van der Waals surface area contributed by atoms with Gasteiger partial charge in [-0.15, -0.1) is 0 Å². The van der Waals surface area contributed by atoms with Gasteiger partial charge >= 0.3 is 0 Å². The van der Waals surface area contributed by atoms with Crippen molar-refractivity contribution in [1.29, 1.82) is 5.26 Å². The number of halogens is 1. The second kappa shape index (κ2) is 15.3. The van der Waals surface area contributed by atoms with Crippen molar-refractivity contribution in [3.8, 4) is 11.8 Å². The Morgan fingerprint density at radius 2 is 1.70 bits per heavy atom. The third kappa shape index (κ3) is 7.35. The maximum absolute atomic E-state index is 13.3. The number of anilines is 1. The fourth-order valence-corrected chi connectivity index (χ4v) is 9.26. The van der Waals surface area contributed by atoms with Crippen LogP contribution in [0, 0.1) is 22.2 Å². The number of aryl methyl sites for hydroxylation is 1. The quantitative estimate of drug-likeness (QED) is 0.205. The molecule has 3 aliphatic heterocycles. The normalized spacial score (nSPS) is 22.9. The molecule has 2 N–H and O–H groups in total. The number of nitrogens with zero attached hydrogens (tertiary/aromatic N) is 5. The molecule has 1 unspecified atom stereocenters. The molecule has 56 heavy (non-hydrogen) atoms. The zero-order chi connectivity index (χ0) is 39.9. The summed E-state index contributed by atoms with van der Waals surface area (Å²) < 4.78 is 6.35. The Labute approximate surface area is 331 Å². The maximum atomic E-state index is 13.3. The molecule has 7 rings (SSSR count). The number of carbonyl (C=O) groups is 5. The number of rotatable bonds is 11. The predicted molar refractivity (Wildman–Crippen MR) is 208 cm³/mol. The van der Waals surface area contributed by atoms with Crippen molar-refractivity contribution in [2.45, 2.75) is 78.0 Å². The van der Waals surface area contributed by atoms with Crippen LogP contribution in [0.4, 0.5) is 5.69 Å². The summed E-state index contributed by atoms with van der Waals surface area (Å²) in [7, 11) is 0. The number of aromatic nitrogens is 1. The van der Waals surface area contributed by atoms with Crippen LogP contribution in [0.15, 0.2) is 54.7 Å². The van der Waals surface area contributed by atoms with Crippen molar-refractivity contribution >= 4 is 46.8 Å². The van der Waals surface area contributed by atoms with Crippen molar-refractivity contribution in [2.75, 3.05) is 37.6 Å². The molecule has 4 aliphatic rings. The first kappa shape index (κ1) is 38.9. The minimum absolute atomic E-state index is 0.0851. The summed E-state index contributed by atoms with van der Waals surface area (Å²) in [5.41, 5.74) is 2.53. The van der Waals surface area contributed by atoms with E-state index in [4.69, 9.17) is 16.3 Å². The highest BCUT2D eigenvalue weighted by molar-refractivity contribution is 6.31. The molecule has 14 heteroatoms. The molecule has 3 aromatic rings. The molecule has 4 heterocycles. The lowest BCUT2D eigenvalue weighted by Gasteiger charge is -2.63. The number of fused-ring (bicyclic) bond motifs is 1. The number of nitriles is 1. The van der Waals surface area contributed by atoms with Gasteiger partial charge in [-0.1, -0.05) is 39.3 Å². The number of imide groups is 2. The molecular formula is C42H46ClN7O6. The molecule has 3 fully saturated rings. The van der Waals surface area contributed by atoms with Gasteiger partial charge in [-0.05, 0) is 74.7 Å². The molecule has 2 saturated heterocycles. The fourth-order valence-electron chi connectivity index (χ4n) is 9.04. The average molecular weight is 780 g/mol. The third-order valence-corrected chi connectivity index (χ3v) is 12.1. The molecule has 1 atom stereocenters. The van der Waals surface area contributed by atoms with Crippen molar-refractivity contribution < 1.29 is 28.7 Å². The largest absolute Gasteiger partial charge is 0.489 e. The first-order chi connectivity index (χ1) is 26.7. The highest BCUT2D eigenvalue weighted by Gasteiger charge is 2.64. The number of ether oxygens (including phenoxy) is 1. The van der Waals surface area contributed by atoms with Crippen LogP contribution in [0.25, 0.3) is 0 Å². The number of unbranched alkanes of at least 4 members (excludes halogenated alkanes) is 1. The number of amides is 5. The second-order valence-corrected chi connectivity index (χ2v) is 16.7. The highest BCUT2D eigenvalue weighted by Crippen LogP contribution is 2.55. The molecule has 0 bridgehead atoms. The van der Waals surface area contributed by atoms with Crippen LogP contribution in [0.5, 0.6) is 5.75 Å². The van der Waals surface area contributed by atoms with Gasteiger partial charge in [0.1, 0.15) is 24.0 Å². The molecule has 13 nitrogen and oxygen atoms in total. The first-order valence-electron chi connectivity index (χ1n) is 19.1. The standard InChI is InChI=1S/C42H46ClN7O6/c1-41(2)39(42(3,4)40(41)56-29-12-9-25(23-44)32(43)22-29)47-35(52)26-8-10-27(45-24-26)7-5-6-16-48-17-19-49(20-18-48)28-11-13-30-31(21-28)38(55)50(37(30)54)33-14-15-34(51)46-36(33)53/h8-13,21-22,24,33,39-40H,5-7,14-20H2,1-4H3,(H,47,52)(H,46,51,53)/t33?,39-,40-. The van der Waals surface area contributed by atoms with E-state index in [1.165, 1.54) is 0 Å². The fraction of sp³-hybridized carbons (Fsp3) is 0.452. The molecule has 2 aromatic carbocycles. The van der Waals surface area contributed by atoms with E-state index in [2.05, 4.69) is 59.2 Å². The lowest BCUT2D eigenvalue weighted by atomic mass is 9.49. The van der Waals surface area contributed by atoms with Gasteiger partial charge in [0.25, 0.3) is 17.7 Å². The number of pyridine rings is 1. The van der Waals surface area contributed by atoms with Crippen molar-refractivity contribution in [2.24, 2.45) is 10.8 Å². The van der Waals surface area contributed by atoms with Crippen molar-refractivity contribution in [3.63, 3.8) is 0 Å². The van der Waals surface area contributed by atoms with E-state index in [0.717, 1.165) is 68.3 Å². The second-order valence-electron chi connectivity index (χ2n) is 16.3. The van der Waals surface area contributed by atoms with Gasteiger partial charge in [0.15, 0.2) is 0 Å². The predicted octanol–water partition coefficient (Wildman–Crippen LogP) is 4.76. The summed E-state index contributed by atoms with van der Waals surface area (Å²) in [4.78, 5) is 73.9. The topological polar surface area (TPSA) is 165 Å². The van der Waals surface area contributed by atoms with Crippen LogP contribution in [-0.4, -0.2) is 95.2 Å². The lowest BCUT2D eigenvalue weighted by molar-refractivity contribution is -0.164. The minimum atomic E-state index is -0.980. The van der Waals surface area contributed by atoms with Gasteiger partial charge in [-0.3, -0.25) is 44.1 Å². The maximum Gasteiger partial charge on any atom is 0.262 e. The van der Waals surface area contributed by atoms with Crippen LogP contribution in [0.3, 0.4) is 0 Å². The van der Waals surface area contributed by atoms with Crippen LogP contribution < -0.4 is 20.3 Å². The lowest BCUT2D eigenvalue weighted by Crippen LogP contribution is -2.74. The molecule has 1 aromatic heterocycles. The Morgan fingerprint density at radius 1 is 0.964 bits per heavy atom. The summed E-state index contributed by atoms with van der Waals surface area (Å²) in [5.74, 6) is -1.61. The van der Waals surface area contributed by atoms with Gasteiger partial charge in [-0.2, -0.15) is 5.26 Å². The zero-order valence-corrected chi connectivity index (χ0v) is 32.8. The number of benzene rings is 2. The monoisotopic (exact) mass is 779 g/mol. The van der Waals surface area contributed by atoms with Crippen LogP contribution in [-0.2, 0) is 16.0 Å². The Morgan fingerprint density at radius 3 is 2.36 bits per heavy atom. The molecule has 1 aliphatic carbocycles. The zero-order valence-electron chi connectivity index (χ0n) is 32.1. The molecule has 5 amide bonds. The van der Waals surface area contributed by atoms with Crippen LogP contribution in [0.2, 0.25) is 5.02 Å². The van der Waals surface area contributed by atoms with Gasteiger partial charge < -0.3 is 15.0 Å². The van der Waals surface area contributed by atoms with E-state index < -0.39 is 29.7 Å². The van der Waals surface area contributed by atoms with Crippen LogP contribution in [0.1, 0.15) is 95.7 Å². The molecular weight excluding hydrogens is 734 g/mol. The highest BCUT2D eigenvalue weighted by atomic mass is 35.5. The van der Waals surface area contributed by atoms with Crippen LogP contribution >= 0.6 is 11.6 Å². The van der Waals surface area contributed by atoms with E-state index in [0.29, 0.717) is 27.5 Å². The number of hydrogen-bond acceptors (Lipinski definition) is 10. The smallest absolute Gasteiger partial charge is 0.262 e. The number of carbonyl (C=O) groups excluding carboxylic acids is 5. The van der Waals surface area contributed by atoms with E-state index >= 15 is 0 Å². The molecule has 0 radical (unpaired) electrons. The van der Waals surface area contributed by atoms with E-state index in [9.17, 15) is 29.2 Å². The van der Waals surface area contributed by atoms with Crippen molar-refractivity contribution in [3.05, 3.63) is 87.7 Å². The number of piperidine rings is 1. The summed E-state index contributed by atoms with van der Waals surface area (Å²) in [5, 5.41) is 15.0. The summed E-state index contributed by atoms with van der Waals surface area (Å²) in [6, 6.07) is 15.0. The van der Waals surface area contributed by atoms with Gasteiger partial charge in [-0.25, -0.2) is 0 Å². The Kier molecular flexibility index (Phi) is 10.6. The number of hydrogen-bond donors (Lipinski definition) is 2. The van der Waals surface area contributed by atoms with Gasteiger partial charge in [0, 0.05) is 73.1 Å². The van der Waals surface area contributed by atoms with Gasteiger partial charge in [0.2, 0.25) is 11.8 Å². The average Bonchev–Trinajstić information content (AvgIpc) is 3.42. The molecule has 292 valence electrons. The molecule has 0 spiro atoms. The summed E-state index contributed by atoms with van der Waals surface area (Å²) >= 11 is 6.23. The summed E-state index contributed by atoms with van der Waals surface area (Å²) in [6.07, 6.45) is 4.43.